The van der Waals surface area contributed by atoms with E-state index in [1.54, 1.807) is 11.8 Å². The van der Waals surface area contributed by atoms with Crippen LogP contribution in [0.25, 0.3) is 0 Å². The van der Waals surface area contributed by atoms with E-state index in [0.29, 0.717) is 6.04 Å². The van der Waals surface area contributed by atoms with Gasteiger partial charge in [-0.3, -0.25) is 4.79 Å². The first-order valence-electron chi connectivity index (χ1n) is 7.25. The van der Waals surface area contributed by atoms with Gasteiger partial charge in [-0.2, -0.15) is 0 Å². The molecule has 1 heterocycles. The molecule has 0 aromatic heterocycles. The summed E-state index contributed by atoms with van der Waals surface area (Å²) in [4.78, 5) is 17.9. The largest absolute Gasteiger partial charge is 0.342 e. The van der Waals surface area contributed by atoms with Gasteiger partial charge in [0.05, 0.1) is 5.25 Å². The molecule has 1 aromatic rings. The average Bonchev–Trinajstić information content (AvgIpc) is 2.47. The van der Waals surface area contributed by atoms with Crippen LogP contribution < -0.4 is 0 Å². The van der Waals surface area contributed by atoms with Gasteiger partial charge in [0.15, 0.2) is 0 Å². The van der Waals surface area contributed by atoms with Gasteiger partial charge in [0.2, 0.25) is 5.91 Å². The first-order valence-corrected chi connectivity index (χ1v) is 8.13. The topological polar surface area (TPSA) is 23.6 Å². The molecule has 0 bridgehead atoms. The Morgan fingerprint density at radius 3 is 2.40 bits per heavy atom. The highest BCUT2D eigenvalue weighted by molar-refractivity contribution is 8.00. The molecule has 1 atom stereocenters. The molecule has 20 heavy (non-hydrogen) atoms. The molecule has 1 aliphatic rings. The molecule has 4 heteroatoms. The highest BCUT2D eigenvalue weighted by Gasteiger charge is 2.27. The van der Waals surface area contributed by atoms with Crippen molar-refractivity contribution in [2.75, 3.05) is 27.2 Å². The van der Waals surface area contributed by atoms with Crippen LogP contribution in [0.2, 0.25) is 0 Å². The van der Waals surface area contributed by atoms with Gasteiger partial charge in [0, 0.05) is 24.0 Å². The third kappa shape index (κ3) is 4.00. The Kier molecular flexibility index (Phi) is 5.49. The Bertz CT molecular complexity index is 427. The molecule has 110 valence electrons. The Morgan fingerprint density at radius 1 is 1.25 bits per heavy atom. The van der Waals surface area contributed by atoms with Crippen LogP contribution in [-0.2, 0) is 4.79 Å². The maximum atomic E-state index is 12.5. The van der Waals surface area contributed by atoms with Crippen LogP contribution in [0, 0.1) is 0 Å². The summed E-state index contributed by atoms with van der Waals surface area (Å²) in [7, 11) is 4.24. The predicted octanol–water partition coefficient (Wildman–Crippen LogP) is 2.72. The van der Waals surface area contributed by atoms with Crippen LogP contribution in [0.5, 0.6) is 0 Å². The summed E-state index contributed by atoms with van der Waals surface area (Å²) < 4.78 is 0. The lowest BCUT2D eigenvalue weighted by Crippen LogP contribution is -2.46. The Labute approximate surface area is 126 Å². The summed E-state index contributed by atoms with van der Waals surface area (Å²) >= 11 is 1.65. The summed E-state index contributed by atoms with van der Waals surface area (Å²) in [5.41, 5.74) is 0. The molecule has 0 aliphatic carbocycles. The molecule has 0 saturated carbocycles. The molecule has 3 nitrogen and oxygen atoms in total. The van der Waals surface area contributed by atoms with Crippen molar-refractivity contribution in [2.45, 2.75) is 36.0 Å². The molecule has 1 saturated heterocycles. The SMILES string of the molecule is CC(Sc1ccccc1)C(=O)N1CCC(N(C)C)CC1. The molecule has 1 amide bonds. The van der Waals surface area contributed by atoms with Crippen LogP contribution in [0.1, 0.15) is 19.8 Å². The van der Waals surface area contributed by atoms with Crippen molar-refractivity contribution in [3.8, 4) is 0 Å². The standard InChI is InChI=1S/C16H24N2OS/c1-13(20-15-7-5-4-6-8-15)16(19)18-11-9-14(10-12-18)17(2)3/h4-8,13-14H,9-12H2,1-3H3. The number of carbonyl (C=O) groups excluding carboxylic acids is 1. The van der Waals surface area contributed by atoms with Crippen LogP contribution in [0.4, 0.5) is 0 Å². The van der Waals surface area contributed by atoms with E-state index in [1.165, 1.54) is 0 Å². The minimum absolute atomic E-state index is 0.00620. The molecular formula is C16H24N2OS. The first-order chi connectivity index (χ1) is 9.58. The molecule has 0 spiro atoms. The summed E-state index contributed by atoms with van der Waals surface area (Å²) in [6, 6.07) is 10.8. The predicted molar refractivity (Wildman–Crippen MR) is 85.1 cm³/mol. The second kappa shape index (κ2) is 7.14. The average molecular weight is 292 g/mol. The van der Waals surface area contributed by atoms with Gasteiger partial charge in [-0.15, -0.1) is 11.8 Å². The monoisotopic (exact) mass is 292 g/mol. The lowest BCUT2D eigenvalue weighted by atomic mass is 10.0. The molecule has 1 unspecified atom stereocenters. The van der Waals surface area contributed by atoms with E-state index in [-0.39, 0.29) is 11.2 Å². The van der Waals surface area contributed by atoms with Crippen molar-refractivity contribution in [2.24, 2.45) is 0 Å². The lowest BCUT2D eigenvalue weighted by Gasteiger charge is -2.36. The van der Waals surface area contributed by atoms with Gasteiger partial charge in [0.1, 0.15) is 0 Å². The maximum Gasteiger partial charge on any atom is 0.235 e. The summed E-state index contributed by atoms with van der Waals surface area (Å²) in [6.45, 7) is 3.79. The van der Waals surface area contributed by atoms with Crippen LogP contribution in [-0.4, -0.2) is 54.2 Å². The fraction of sp³-hybridized carbons (Fsp3) is 0.562. The molecule has 2 rings (SSSR count). The van der Waals surface area contributed by atoms with Crippen molar-refractivity contribution < 1.29 is 4.79 Å². The first kappa shape index (κ1) is 15.4. The number of thioether (sulfide) groups is 1. The van der Waals surface area contributed by atoms with E-state index in [1.807, 2.05) is 30.0 Å². The zero-order valence-electron chi connectivity index (χ0n) is 12.6. The highest BCUT2D eigenvalue weighted by Crippen LogP contribution is 2.25. The number of nitrogens with zero attached hydrogens (tertiary/aromatic N) is 2. The van der Waals surface area contributed by atoms with Crippen LogP contribution in [0.3, 0.4) is 0 Å². The summed E-state index contributed by atoms with van der Waals surface area (Å²) in [5, 5.41) is -0.00620. The third-order valence-electron chi connectivity index (χ3n) is 3.91. The number of benzene rings is 1. The number of hydrogen-bond acceptors (Lipinski definition) is 3. The van der Waals surface area contributed by atoms with Gasteiger partial charge in [-0.25, -0.2) is 0 Å². The van der Waals surface area contributed by atoms with Gasteiger partial charge < -0.3 is 9.80 Å². The van der Waals surface area contributed by atoms with Crippen LogP contribution >= 0.6 is 11.8 Å². The number of carbonyl (C=O) groups is 1. The fourth-order valence-corrected chi connectivity index (χ4v) is 3.59. The number of piperidine rings is 1. The zero-order valence-corrected chi connectivity index (χ0v) is 13.4. The highest BCUT2D eigenvalue weighted by atomic mass is 32.2. The van der Waals surface area contributed by atoms with Crippen molar-refractivity contribution in [1.82, 2.24) is 9.80 Å². The van der Waals surface area contributed by atoms with Crippen molar-refractivity contribution in [1.29, 1.82) is 0 Å². The Hall–Kier alpha value is -1.00. The molecule has 0 radical (unpaired) electrons. The van der Waals surface area contributed by atoms with Gasteiger partial charge in [-0.1, -0.05) is 18.2 Å². The second-order valence-corrected chi connectivity index (χ2v) is 7.01. The lowest BCUT2D eigenvalue weighted by molar-refractivity contribution is -0.131. The minimum atomic E-state index is -0.00620. The van der Waals surface area contributed by atoms with E-state index < -0.39 is 0 Å². The van der Waals surface area contributed by atoms with Crippen LogP contribution in [0.15, 0.2) is 35.2 Å². The molecule has 1 aromatic carbocycles. The van der Waals surface area contributed by atoms with Crippen molar-refractivity contribution in [3.05, 3.63) is 30.3 Å². The quantitative estimate of drug-likeness (QED) is 0.797. The van der Waals surface area contributed by atoms with Crippen molar-refractivity contribution in [3.63, 3.8) is 0 Å². The minimum Gasteiger partial charge on any atom is -0.342 e. The fourth-order valence-electron chi connectivity index (χ4n) is 2.61. The molecule has 0 N–H and O–H groups in total. The number of amides is 1. The number of likely N-dealkylation sites (tertiary alicyclic amines) is 1. The summed E-state index contributed by atoms with van der Waals surface area (Å²) in [5.74, 6) is 0.274. The normalized spacial score (nSPS) is 18.3. The van der Waals surface area contributed by atoms with E-state index in [9.17, 15) is 4.79 Å². The second-order valence-electron chi connectivity index (χ2n) is 5.59. The van der Waals surface area contributed by atoms with E-state index in [2.05, 4.69) is 31.1 Å². The van der Waals surface area contributed by atoms with E-state index in [4.69, 9.17) is 0 Å². The van der Waals surface area contributed by atoms with E-state index in [0.717, 1.165) is 30.8 Å². The third-order valence-corrected chi connectivity index (χ3v) is 5.01. The van der Waals surface area contributed by atoms with Gasteiger partial charge in [0.25, 0.3) is 0 Å². The molecule has 1 fully saturated rings. The van der Waals surface area contributed by atoms with Gasteiger partial charge in [-0.05, 0) is 46.0 Å². The molecular weight excluding hydrogens is 268 g/mol. The Balaban J connectivity index is 1.85. The molecule has 1 aliphatic heterocycles. The summed E-state index contributed by atoms with van der Waals surface area (Å²) in [6.07, 6.45) is 2.17. The van der Waals surface area contributed by atoms with E-state index >= 15 is 0 Å². The number of hydrogen-bond donors (Lipinski definition) is 0. The Morgan fingerprint density at radius 2 is 1.85 bits per heavy atom. The van der Waals surface area contributed by atoms with Gasteiger partial charge >= 0.3 is 0 Å². The van der Waals surface area contributed by atoms with Crippen molar-refractivity contribution >= 4 is 17.7 Å². The maximum absolute atomic E-state index is 12.5. The number of rotatable bonds is 4. The zero-order chi connectivity index (χ0) is 14.5. The smallest absolute Gasteiger partial charge is 0.235 e.